The normalized spacial score (nSPS) is 14.2. The van der Waals surface area contributed by atoms with Gasteiger partial charge in [0, 0.05) is 50.8 Å². The van der Waals surface area contributed by atoms with E-state index in [1.807, 2.05) is 32.9 Å². The summed E-state index contributed by atoms with van der Waals surface area (Å²) >= 11 is 0. The van der Waals surface area contributed by atoms with Crippen molar-refractivity contribution in [1.29, 1.82) is 0 Å². The van der Waals surface area contributed by atoms with Gasteiger partial charge in [-0.05, 0) is 62.7 Å². The molecule has 1 aliphatic rings. The summed E-state index contributed by atoms with van der Waals surface area (Å²) in [6, 6.07) is 16.9. The van der Waals surface area contributed by atoms with Crippen LogP contribution >= 0.6 is 0 Å². The molecule has 2 amide bonds. The summed E-state index contributed by atoms with van der Waals surface area (Å²) in [4.78, 5) is 37.3. The van der Waals surface area contributed by atoms with Crippen molar-refractivity contribution in [1.82, 2.24) is 19.8 Å². The lowest BCUT2D eigenvalue weighted by Crippen LogP contribution is -2.49. The lowest BCUT2D eigenvalue weighted by Gasteiger charge is -2.35. The second-order valence-corrected chi connectivity index (χ2v) is 9.63. The van der Waals surface area contributed by atoms with E-state index < -0.39 is 5.60 Å². The van der Waals surface area contributed by atoms with Gasteiger partial charge in [0.2, 0.25) is 0 Å². The molecular weight excluding hydrogens is 456 g/mol. The van der Waals surface area contributed by atoms with Gasteiger partial charge in [0.25, 0.3) is 5.91 Å². The number of anilines is 3. The van der Waals surface area contributed by atoms with Gasteiger partial charge < -0.3 is 20.3 Å². The highest BCUT2D eigenvalue weighted by Crippen LogP contribution is 2.24. The van der Waals surface area contributed by atoms with Crippen molar-refractivity contribution in [2.45, 2.75) is 32.9 Å². The zero-order valence-electron chi connectivity index (χ0n) is 20.9. The van der Waals surface area contributed by atoms with Gasteiger partial charge in [-0.1, -0.05) is 18.2 Å². The molecule has 188 valence electrons. The van der Waals surface area contributed by atoms with E-state index in [4.69, 9.17) is 4.74 Å². The molecule has 1 aromatic carbocycles. The number of amides is 2. The first-order valence-corrected chi connectivity index (χ1v) is 12.0. The predicted molar refractivity (Wildman–Crippen MR) is 139 cm³/mol. The highest BCUT2D eigenvalue weighted by molar-refractivity contribution is 6.04. The Morgan fingerprint density at radius 1 is 0.917 bits per heavy atom. The van der Waals surface area contributed by atoms with Crippen LogP contribution in [0.25, 0.3) is 0 Å². The highest BCUT2D eigenvalue weighted by atomic mass is 16.6. The standard InChI is InChI=1S/C27H32N6O3/c1-27(2,3)36-26(35)33-17-15-32(16-18-33)19-20-9-11-21(12-10-20)30-24-22(8-6-14-29-24)31-25(34)23-7-4-5-13-28-23/h4-14H,15-19H2,1-3H3,(H,29,30)(H,31,34). The lowest BCUT2D eigenvalue weighted by atomic mass is 10.1. The Balaban J connectivity index is 1.31. The molecule has 3 heterocycles. The molecule has 9 heteroatoms. The average Bonchev–Trinajstić information content (AvgIpc) is 2.86. The number of pyridine rings is 2. The molecule has 9 nitrogen and oxygen atoms in total. The monoisotopic (exact) mass is 488 g/mol. The maximum Gasteiger partial charge on any atom is 0.410 e. The minimum Gasteiger partial charge on any atom is -0.444 e. The number of ether oxygens (including phenoxy) is 1. The quantitative estimate of drug-likeness (QED) is 0.526. The largest absolute Gasteiger partial charge is 0.444 e. The van der Waals surface area contributed by atoms with E-state index in [0.717, 1.165) is 25.3 Å². The van der Waals surface area contributed by atoms with E-state index in [1.54, 1.807) is 47.6 Å². The van der Waals surface area contributed by atoms with Crippen LogP contribution in [0.4, 0.5) is 22.0 Å². The molecule has 0 unspecified atom stereocenters. The Labute approximate surface area is 211 Å². The average molecular weight is 489 g/mol. The zero-order chi connectivity index (χ0) is 25.5. The van der Waals surface area contributed by atoms with Crippen LogP contribution in [0.3, 0.4) is 0 Å². The Kier molecular flexibility index (Phi) is 7.80. The number of nitrogens with one attached hydrogen (secondary N) is 2. The maximum absolute atomic E-state index is 12.5. The van der Waals surface area contributed by atoms with Crippen LogP contribution in [0.15, 0.2) is 67.0 Å². The minimum absolute atomic E-state index is 0.248. The Morgan fingerprint density at radius 3 is 2.31 bits per heavy atom. The Hall–Kier alpha value is -3.98. The van der Waals surface area contributed by atoms with Gasteiger partial charge in [-0.15, -0.1) is 0 Å². The number of carbonyl (C=O) groups excluding carboxylic acids is 2. The van der Waals surface area contributed by atoms with Crippen molar-refractivity contribution in [3.63, 3.8) is 0 Å². The molecule has 2 aromatic heterocycles. The Morgan fingerprint density at radius 2 is 1.64 bits per heavy atom. The predicted octanol–water partition coefficient (Wildman–Crippen LogP) is 4.53. The molecule has 4 rings (SSSR count). The lowest BCUT2D eigenvalue weighted by molar-refractivity contribution is 0.0139. The van der Waals surface area contributed by atoms with Crippen molar-refractivity contribution in [3.8, 4) is 0 Å². The van der Waals surface area contributed by atoms with Crippen molar-refractivity contribution < 1.29 is 14.3 Å². The topological polar surface area (TPSA) is 99.7 Å². The number of piperazine rings is 1. The van der Waals surface area contributed by atoms with E-state index in [0.29, 0.717) is 30.3 Å². The number of benzene rings is 1. The molecule has 3 aromatic rings. The number of hydrogen-bond donors (Lipinski definition) is 2. The Bertz CT molecular complexity index is 1170. The summed E-state index contributed by atoms with van der Waals surface area (Å²) < 4.78 is 5.47. The van der Waals surface area contributed by atoms with Gasteiger partial charge in [0.05, 0.1) is 5.69 Å². The first-order valence-electron chi connectivity index (χ1n) is 12.0. The molecule has 0 bridgehead atoms. The summed E-state index contributed by atoms with van der Waals surface area (Å²) in [6.07, 6.45) is 3.01. The fraction of sp³-hybridized carbons (Fsp3) is 0.333. The van der Waals surface area contributed by atoms with Gasteiger partial charge >= 0.3 is 6.09 Å². The third-order valence-electron chi connectivity index (χ3n) is 5.60. The van der Waals surface area contributed by atoms with E-state index in [-0.39, 0.29) is 12.0 Å². The molecule has 1 saturated heterocycles. The first-order chi connectivity index (χ1) is 17.3. The van der Waals surface area contributed by atoms with Crippen molar-refractivity contribution in [3.05, 3.63) is 78.2 Å². The number of carbonyl (C=O) groups is 2. The molecule has 2 N–H and O–H groups in total. The maximum atomic E-state index is 12.5. The number of rotatable bonds is 6. The van der Waals surface area contributed by atoms with E-state index in [2.05, 4.69) is 37.6 Å². The van der Waals surface area contributed by atoms with Crippen LogP contribution in [0.1, 0.15) is 36.8 Å². The molecule has 0 atom stereocenters. The van der Waals surface area contributed by atoms with Crippen LogP contribution < -0.4 is 10.6 Å². The smallest absolute Gasteiger partial charge is 0.410 e. The van der Waals surface area contributed by atoms with E-state index >= 15 is 0 Å². The van der Waals surface area contributed by atoms with Gasteiger partial charge in [0.1, 0.15) is 11.3 Å². The second kappa shape index (κ2) is 11.2. The van der Waals surface area contributed by atoms with Crippen molar-refractivity contribution in [2.75, 3.05) is 36.8 Å². The number of nitrogens with zero attached hydrogens (tertiary/aromatic N) is 4. The molecule has 0 saturated carbocycles. The summed E-state index contributed by atoms with van der Waals surface area (Å²) in [7, 11) is 0. The molecule has 0 spiro atoms. The highest BCUT2D eigenvalue weighted by Gasteiger charge is 2.25. The summed E-state index contributed by atoms with van der Waals surface area (Å²) in [5.74, 6) is 0.251. The molecule has 0 radical (unpaired) electrons. The van der Waals surface area contributed by atoms with Crippen LogP contribution in [0, 0.1) is 0 Å². The van der Waals surface area contributed by atoms with E-state index in [9.17, 15) is 9.59 Å². The number of aromatic nitrogens is 2. The second-order valence-electron chi connectivity index (χ2n) is 9.63. The number of hydrogen-bond acceptors (Lipinski definition) is 7. The van der Waals surface area contributed by atoms with Crippen molar-refractivity contribution >= 4 is 29.2 Å². The summed E-state index contributed by atoms with van der Waals surface area (Å²) in [6.45, 7) is 9.35. The fourth-order valence-electron chi connectivity index (χ4n) is 3.79. The molecular formula is C27H32N6O3. The van der Waals surface area contributed by atoms with Crippen LogP contribution in [0.5, 0.6) is 0 Å². The van der Waals surface area contributed by atoms with Gasteiger partial charge in [-0.25, -0.2) is 9.78 Å². The fourth-order valence-corrected chi connectivity index (χ4v) is 3.79. The van der Waals surface area contributed by atoms with Gasteiger partial charge in [-0.2, -0.15) is 0 Å². The summed E-state index contributed by atoms with van der Waals surface area (Å²) in [5.41, 5.74) is 2.46. The van der Waals surface area contributed by atoms with Crippen LogP contribution in [-0.4, -0.2) is 63.5 Å². The third-order valence-corrected chi connectivity index (χ3v) is 5.60. The SMILES string of the molecule is CC(C)(C)OC(=O)N1CCN(Cc2ccc(Nc3ncccc3NC(=O)c3ccccn3)cc2)CC1. The zero-order valence-corrected chi connectivity index (χ0v) is 20.9. The summed E-state index contributed by atoms with van der Waals surface area (Å²) in [5, 5.41) is 6.15. The third kappa shape index (κ3) is 7.02. The molecule has 0 aliphatic carbocycles. The molecule has 36 heavy (non-hydrogen) atoms. The van der Waals surface area contributed by atoms with Crippen LogP contribution in [-0.2, 0) is 11.3 Å². The van der Waals surface area contributed by atoms with Gasteiger partial charge in [0.15, 0.2) is 5.82 Å². The van der Waals surface area contributed by atoms with E-state index in [1.165, 1.54) is 5.56 Å². The van der Waals surface area contributed by atoms with Crippen LogP contribution in [0.2, 0.25) is 0 Å². The minimum atomic E-state index is -0.481. The van der Waals surface area contributed by atoms with Gasteiger partial charge in [-0.3, -0.25) is 14.7 Å². The molecule has 1 aliphatic heterocycles. The molecule has 1 fully saturated rings. The van der Waals surface area contributed by atoms with Crippen molar-refractivity contribution in [2.24, 2.45) is 0 Å². The first kappa shape index (κ1) is 25.1.